The van der Waals surface area contributed by atoms with E-state index in [0.29, 0.717) is 31.9 Å². The van der Waals surface area contributed by atoms with Crippen LogP contribution in [0, 0.1) is 0 Å². The highest BCUT2D eigenvalue weighted by Gasteiger charge is 2.15. The van der Waals surface area contributed by atoms with E-state index in [2.05, 4.69) is 4.98 Å². The van der Waals surface area contributed by atoms with Gasteiger partial charge in [-0.3, -0.25) is 4.79 Å². The number of methoxy groups -OCH3 is 2. The van der Waals surface area contributed by atoms with Crippen LogP contribution in [0.1, 0.15) is 15.9 Å². The summed E-state index contributed by atoms with van der Waals surface area (Å²) < 4.78 is 12.2. The van der Waals surface area contributed by atoms with E-state index in [1.54, 1.807) is 37.1 Å². The first-order valence-electron chi connectivity index (χ1n) is 8.12. The van der Waals surface area contributed by atoms with Gasteiger partial charge in [0, 0.05) is 58.1 Å². The number of thioether (sulfide) groups is 1. The van der Waals surface area contributed by atoms with Gasteiger partial charge in [0.2, 0.25) is 0 Å². The minimum atomic E-state index is -0.00240. The molecule has 0 fully saturated rings. The average Bonchev–Trinajstić information content (AvgIpc) is 3.05. The third kappa shape index (κ3) is 5.88. The molecule has 0 spiro atoms. The smallest absolute Gasteiger partial charge is 0.254 e. The van der Waals surface area contributed by atoms with Crippen LogP contribution in [0.5, 0.6) is 0 Å². The molecule has 7 heteroatoms. The lowest BCUT2D eigenvalue weighted by molar-refractivity contribution is 0.0627. The van der Waals surface area contributed by atoms with Crippen LogP contribution in [-0.2, 0) is 22.3 Å². The van der Waals surface area contributed by atoms with Gasteiger partial charge in [0.05, 0.1) is 13.2 Å². The van der Waals surface area contributed by atoms with E-state index in [4.69, 9.17) is 9.47 Å². The van der Waals surface area contributed by atoms with Crippen LogP contribution in [-0.4, -0.2) is 60.9 Å². The fourth-order valence-electron chi connectivity index (χ4n) is 2.28. The second kappa shape index (κ2) is 10.2. The lowest BCUT2D eigenvalue weighted by Gasteiger charge is -2.22. The van der Waals surface area contributed by atoms with Crippen LogP contribution in [0.25, 0.3) is 0 Å². The number of carbonyl (C=O) groups excluding carboxylic acids is 1. The predicted molar refractivity (Wildman–Crippen MR) is 98.9 cm³/mol. The Morgan fingerprint density at radius 1 is 1.16 bits per heavy atom. The van der Waals surface area contributed by atoms with E-state index < -0.39 is 0 Å². The molecule has 0 N–H and O–H groups in total. The molecule has 1 heterocycles. The Bertz CT molecular complexity index is 650. The molecule has 0 aliphatic heterocycles. The van der Waals surface area contributed by atoms with Gasteiger partial charge >= 0.3 is 0 Å². The molecular formula is C18H25N3O3S. The first kappa shape index (κ1) is 19.5. The van der Waals surface area contributed by atoms with E-state index in [1.807, 2.05) is 42.1 Å². The van der Waals surface area contributed by atoms with Crippen molar-refractivity contribution >= 4 is 17.7 Å². The Balaban J connectivity index is 1.96. The highest BCUT2D eigenvalue weighted by molar-refractivity contribution is 7.98. The van der Waals surface area contributed by atoms with Gasteiger partial charge in [-0.2, -0.15) is 0 Å². The highest BCUT2D eigenvalue weighted by Crippen LogP contribution is 2.21. The maximum absolute atomic E-state index is 12.7. The summed E-state index contributed by atoms with van der Waals surface area (Å²) in [5.74, 6) is 0.813. The topological polar surface area (TPSA) is 56.6 Å². The Morgan fingerprint density at radius 3 is 2.32 bits per heavy atom. The van der Waals surface area contributed by atoms with Gasteiger partial charge < -0.3 is 18.9 Å². The molecule has 0 unspecified atom stereocenters. The number of benzene rings is 1. The molecule has 0 saturated carbocycles. The second-order valence-electron chi connectivity index (χ2n) is 5.58. The third-order valence-corrected chi connectivity index (χ3v) is 4.89. The highest BCUT2D eigenvalue weighted by atomic mass is 32.2. The molecule has 2 rings (SSSR count). The zero-order valence-corrected chi connectivity index (χ0v) is 15.8. The van der Waals surface area contributed by atoms with Crippen molar-refractivity contribution in [3.8, 4) is 0 Å². The molecule has 1 aromatic carbocycles. The number of amides is 1. The number of ether oxygens (including phenoxy) is 2. The zero-order chi connectivity index (χ0) is 18.1. The minimum Gasteiger partial charge on any atom is -0.383 e. The van der Waals surface area contributed by atoms with E-state index in [-0.39, 0.29) is 5.91 Å². The largest absolute Gasteiger partial charge is 0.383 e. The molecule has 0 saturated heterocycles. The number of hydrogen-bond donors (Lipinski definition) is 0. The summed E-state index contributed by atoms with van der Waals surface area (Å²) in [5.41, 5.74) is 1.84. The fraction of sp³-hybridized carbons (Fsp3) is 0.444. The first-order chi connectivity index (χ1) is 12.2. The molecule has 6 nitrogen and oxygen atoms in total. The maximum atomic E-state index is 12.7. The Labute approximate surface area is 153 Å². The van der Waals surface area contributed by atoms with Crippen molar-refractivity contribution in [2.24, 2.45) is 7.05 Å². The normalized spacial score (nSPS) is 10.8. The summed E-state index contributed by atoms with van der Waals surface area (Å²) in [6.07, 6.45) is 3.72. The van der Waals surface area contributed by atoms with E-state index >= 15 is 0 Å². The van der Waals surface area contributed by atoms with Crippen LogP contribution >= 0.6 is 11.8 Å². The molecule has 1 aromatic heterocycles. The molecule has 1 amide bonds. The zero-order valence-electron chi connectivity index (χ0n) is 15.0. The molecular weight excluding hydrogens is 338 g/mol. The second-order valence-corrected chi connectivity index (χ2v) is 6.53. The van der Waals surface area contributed by atoms with Crippen molar-refractivity contribution in [2.45, 2.75) is 10.9 Å². The summed E-state index contributed by atoms with van der Waals surface area (Å²) in [6.45, 7) is 2.12. The van der Waals surface area contributed by atoms with Gasteiger partial charge in [0.15, 0.2) is 5.16 Å². The van der Waals surface area contributed by atoms with Gasteiger partial charge in [0.25, 0.3) is 5.91 Å². The van der Waals surface area contributed by atoms with Crippen molar-refractivity contribution in [1.82, 2.24) is 14.5 Å². The minimum absolute atomic E-state index is 0.00240. The number of aryl methyl sites for hydroxylation is 1. The van der Waals surface area contributed by atoms with Crippen molar-refractivity contribution in [1.29, 1.82) is 0 Å². The molecule has 0 atom stereocenters. The van der Waals surface area contributed by atoms with Gasteiger partial charge in [-0.1, -0.05) is 23.9 Å². The monoisotopic (exact) mass is 363 g/mol. The Hall–Kier alpha value is -1.83. The lowest BCUT2D eigenvalue weighted by atomic mass is 10.1. The molecule has 136 valence electrons. The van der Waals surface area contributed by atoms with Crippen LogP contribution in [0.2, 0.25) is 0 Å². The van der Waals surface area contributed by atoms with Crippen molar-refractivity contribution in [3.63, 3.8) is 0 Å². The van der Waals surface area contributed by atoms with E-state index in [0.717, 1.165) is 16.5 Å². The summed E-state index contributed by atoms with van der Waals surface area (Å²) in [6, 6.07) is 7.74. The SMILES string of the molecule is COCCN(CCOC)C(=O)c1ccc(CSc2nccn2C)cc1. The molecule has 0 aliphatic carbocycles. The summed E-state index contributed by atoms with van der Waals surface area (Å²) >= 11 is 1.67. The maximum Gasteiger partial charge on any atom is 0.254 e. The van der Waals surface area contributed by atoms with Crippen LogP contribution in [0.3, 0.4) is 0 Å². The standard InChI is InChI=1S/C18H25N3O3S/c1-20-9-8-19-18(20)25-14-15-4-6-16(7-5-15)17(22)21(10-12-23-2)11-13-24-3/h4-9H,10-14H2,1-3H3. The summed E-state index contributed by atoms with van der Waals surface area (Å²) in [4.78, 5) is 18.7. The number of hydrogen-bond acceptors (Lipinski definition) is 5. The van der Waals surface area contributed by atoms with Crippen molar-refractivity contribution in [2.75, 3.05) is 40.5 Å². The molecule has 25 heavy (non-hydrogen) atoms. The van der Waals surface area contributed by atoms with Crippen LogP contribution in [0.15, 0.2) is 41.8 Å². The number of imidazole rings is 1. The number of rotatable bonds is 10. The predicted octanol–water partition coefficient (Wildman–Crippen LogP) is 2.45. The molecule has 2 aromatic rings. The fourth-order valence-corrected chi connectivity index (χ4v) is 3.17. The van der Waals surface area contributed by atoms with Gasteiger partial charge in [-0.05, 0) is 17.7 Å². The quantitative estimate of drug-likeness (QED) is 0.607. The Morgan fingerprint density at radius 2 is 1.80 bits per heavy atom. The third-order valence-electron chi connectivity index (χ3n) is 3.76. The van der Waals surface area contributed by atoms with E-state index in [9.17, 15) is 4.79 Å². The van der Waals surface area contributed by atoms with Crippen molar-refractivity contribution < 1.29 is 14.3 Å². The van der Waals surface area contributed by atoms with Crippen molar-refractivity contribution in [3.05, 3.63) is 47.8 Å². The lowest BCUT2D eigenvalue weighted by Crippen LogP contribution is -2.36. The average molecular weight is 363 g/mol. The number of carbonyl (C=O) groups is 1. The van der Waals surface area contributed by atoms with E-state index in [1.165, 1.54) is 0 Å². The first-order valence-corrected chi connectivity index (χ1v) is 9.10. The number of nitrogens with zero attached hydrogens (tertiary/aromatic N) is 3. The van der Waals surface area contributed by atoms with Crippen LogP contribution in [0.4, 0.5) is 0 Å². The molecule has 0 bridgehead atoms. The summed E-state index contributed by atoms with van der Waals surface area (Å²) in [5, 5.41) is 0.977. The van der Waals surface area contributed by atoms with Gasteiger partial charge in [0.1, 0.15) is 0 Å². The van der Waals surface area contributed by atoms with Gasteiger partial charge in [-0.25, -0.2) is 4.98 Å². The number of aromatic nitrogens is 2. The summed E-state index contributed by atoms with van der Waals surface area (Å²) in [7, 11) is 5.24. The van der Waals surface area contributed by atoms with Crippen LogP contribution < -0.4 is 0 Å². The molecule has 0 aliphatic rings. The Kier molecular flexibility index (Phi) is 7.97. The molecule has 0 radical (unpaired) electrons. The van der Waals surface area contributed by atoms with Gasteiger partial charge in [-0.15, -0.1) is 0 Å².